The minimum absolute atomic E-state index is 0. The van der Waals surface area contributed by atoms with Crippen LogP contribution in [0.15, 0.2) is 0 Å². The van der Waals surface area contributed by atoms with Crippen LogP contribution in [0, 0.1) is 7.43 Å². The van der Waals surface area contributed by atoms with Gasteiger partial charge in [-0.15, -0.1) is 42.7 Å². The van der Waals surface area contributed by atoms with Gasteiger partial charge in [0, 0.05) is 0 Å². The van der Waals surface area contributed by atoms with E-state index in [2.05, 4.69) is 0 Å². The Morgan fingerprint density at radius 3 is 0.267 bits per heavy atom. The number of hydrogen-bond donors (Lipinski definition) is 0. The maximum atomic E-state index is 9.53. The minimum atomic E-state index is -0.417. The van der Waals surface area contributed by atoms with Crippen molar-refractivity contribution >= 4 is 17.4 Å². The average Bonchev–Trinajstić information content (AvgIpc) is 2.20. The fourth-order valence-electron chi connectivity index (χ4n) is 0. The molecule has 0 rings (SSSR count). The van der Waals surface area contributed by atoms with Crippen molar-refractivity contribution in [2.24, 2.45) is 0 Å². The van der Waals surface area contributed by atoms with E-state index in [0.717, 1.165) is 0 Å². The van der Waals surface area contributed by atoms with Gasteiger partial charge >= 0.3 is 24.8 Å². The van der Waals surface area contributed by atoms with Gasteiger partial charge in [-0.3, -0.25) is 0 Å². The SMILES string of the molecule is CC(C)[O-].CC(C)[O-].CC(C)[O-].CC(C)[O-].CC(C)[O-].CC(C)[O-].CC(C)[O-].[Al+3].[C+4]. The molecule has 7 nitrogen and oxygen atoms in total. The normalized spacial score (nSPS) is 8.40. The maximum Gasteiger partial charge on any atom is 4.00 e. The molecule has 0 N–H and O–H groups in total. The van der Waals surface area contributed by atoms with Crippen LogP contribution in [0.25, 0.3) is 0 Å². The third-order valence-electron chi connectivity index (χ3n) is 0. The summed E-state index contributed by atoms with van der Waals surface area (Å²) in [6, 6.07) is 0. The summed E-state index contributed by atoms with van der Waals surface area (Å²) in [5.74, 6) is 0. The average molecular weight is 453 g/mol. The molecular weight excluding hydrogens is 403 g/mol. The van der Waals surface area contributed by atoms with Crippen molar-refractivity contribution in [3.05, 3.63) is 7.43 Å². The van der Waals surface area contributed by atoms with Crippen LogP contribution in [0.1, 0.15) is 96.9 Å². The van der Waals surface area contributed by atoms with Crippen molar-refractivity contribution in [2.45, 2.75) is 140 Å². The standard InChI is InChI=1S/7C3H7O.C.Al/c7*1-3(2)4;;/h7*3H,1-2H3;;/q7*-1;+4;+3. The Morgan fingerprint density at radius 1 is 0.267 bits per heavy atom. The van der Waals surface area contributed by atoms with Gasteiger partial charge in [0.1, 0.15) is 0 Å². The minimum Gasteiger partial charge on any atom is -0.852 e. The molecule has 0 radical (unpaired) electrons. The molecule has 0 aliphatic heterocycles. The summed E-state index contributed by atoms with van der Waals surface area (Å²) >= 11 is 0. The van der Waals surface area contributed by atoms with Crippen LogP contribution >= 0.6 is 0 Å². The van der Waals surface area contributed by atoms with Crippen LogP contribution in [0.3, 0.4) is 0 Å². The summed E-state index contributed by atoms with van der Waals surface area (Å²) < 4.78 is 0. The topological polar surface area (TPSA) is 161 Å². The van der Waals surface area contributed by atoms with Gasteiger partial charge in [0.15, 0.2) is 0 Å². The third kappa shape index (κ3) is 329000. The van der Waals surface area contributed by atoms with E-state index >= 15 is 0 Å². The fourth-order valence-corrected chi connectivity index (χ4v) is 0. The number of rotatable bonds is 0. The molecule has 0 aliphatic rings. The second-order valence-electron chi connectivity index (χ2n) is 7.34. The first-order valence-corrected chi connectivity index (χ1v) is 9.73. The summed E-state index contributed by atoms with van der Waals surface area (Å²) in [6.07, 6.45) is -2.92. The zero-order chi connectivity index (χ0) is 25.0. The van der Waals surface area contributed by atoms with Gasteiger partial charge in [-0.25, -0.2) is 0 Å². The van der Waals surface area contributed by atoms with Crippen molar-refractivity contribution in [3.8, 4) is 0 Å². The summed E-state index contributed by atoms with van der Waals surface area (Å²) in [5, 5.41) is 66.7. The molecule has 0 saturated carbocycles. The van der Waals surface area contributed by atoms with Gasteiger partial charge in [-0.05, 0) is 0 Å². The first kappa shape index (κ1) is 57.3. The van der Waals surface area contributed by atoms with E-state index < -0.39 is 42.7 Å². The van der Waals surface area contributed by atoms with Crippen LogP contribution in [0.5, 0.6) is 0 Å². The molecule has 0 saturated heterocycles. The zero-order valence-electron chi connectivity index (χ0n) is 22.0. The van der Waals surface area contributed by atoms with E-state index in [4.69, 9.17) is 0 Å². The molecule has 0 aromatic heterocycles. The van der Waals surface area contributed by atoms with Crippen molar-refractivity contribution in [3.63, 3.8) is 0 Å². The molecule has 0 aromatic carbocycles. The second kappa shape index (κ2) is 51.7. The molecule has 0 bridgehead atoms. The van der Waals surface area contributed by atoms with E-state index in [1.165, 1.54) is 0 Å². The Labute approximate surface area is 200 Å². The Balaban J connectivity index is -0.0000000242. The van der Waals surface area contributed by atoms with Gasteiger partial charge in [0.25, 0.3) is 0 Å². The molecule has 0 amide bonds. The van der Waals surface area contributed by atoms with Crippen LogP contribution in [0.2, 0.25) is 0 Å². The van der Waals surface area contributed by atoms with E-state index in [9.17, 15) is 35.7 Å². The molecular formula is C22H49AlO7. The summed E-state index contributed by atoms with van der Waals surface area (Å²) in [5.41, 5.74) is 0. The first-order chi connectivity index (χ1) is 12.1. The molecule has 0 fully saturated rings. The van der Waals surface area contributed by atoms with Crippen LogP contribution in [0.4, 0.5) is 0 Å². The molecule has 0 unspecified atom stereocenters. The van der Waals surface area contributed by atoms with Gasteiger partial charge in [-0.2, -0.15) is 0 Å². The molecule has 0 aliphatic carbocycles. The van der Waals surface area contributed by atoms with E-state index in [0.29, 0.717) is 0 Å². The van der Waals surface area contributed by atoms with E-state index in [1.807, 2.05) is 0 Å². The van der Waals surface area contributed by atoms with Crippen molar-refractivity contribution in [1.82, 2.24) is 0 Å². The van der Waals surface area contributed by atoms with Gasteiger partial charge in [0.05, 0.1) is 0 Å². The zero-order valence-corrected chi connectivity index (χ0v) is 23.1. The summed E-state index contributed by atoms with van der Waals surface area (Å²) in [7, 11) is 0. The Morgan fingerprint density at radius 2 is 0.267 bits per heavy atom. The maximum absolute atomic E-state index is 9.53. The first-order valence-electron chi connectivity index (χ1n) is 9.73. The van der Waals surface area contributed by atoms with Gasteiger partial charge < -0.3 is 35.7 Å². The molecule has 0 heterocycles. The van der Waals surface area contributed by atoms with Crippen LogP contribution in [-0.2, 0) is 0 Å². The Kier molecular flexibility index (Phi) is 98.8. The summed E-state index contributed by atoms with van der Waals surface area (Å²) in [6.45, 7) is 22.6. The largest absolute Gasteiger partial charge is 4.00 e. The monoisotopic (exact) mass is 452 g/mol. The quantitative estimate of drug-likeness (QED) is 0.383. The van der Waals surface area contributed by atoms with Crippen molar-refractivity contribution in [2.75, 3.05) is 0 Å². The van der Waals surface area contributed by atoms with E-state index in [-0.39, 0.29) is 24.8 Å². The van der Waals surface area contributed by atoms with E-state index in [1.54, 1.807) is 96.9 Å². The fraction of sp³-hybridized carbons (Fsp3) is 0.955. The molecule has 182 valence electrons. The van der Waals surface area contributed by atoms with Crippen LogP contribution < -0.4 is 35.7 Å². The molecule has 0 aromatic rings. The van der Waals surface area contributed by atoms with Crippen molar-refractivity contribution in [1.29, 1.82) is 0 Å². The number of hydrogen-bond acceptors (Lipinski definition) is 7. The second-order valence-corrected chi connectivity index (χ2v) is 7.34. The van der Waals surface area contributed by atoms with Gasteiger partial charge in [0.2, 0.25) is 0 Å². The Bertz CT molecular complexity index is 122. The smallest absolute Gasteiger partial charge is 0.852 e. The van der Waals surface area contributed by atoms with Crippen LogP contribution in [-0.4, -0.2) is 60.1 Å². The summed E-state index contributed by atoms with van der Waals surface area (Å²) in [4.78, 5) is 0. The molecule has 30 heavy (non-hydrogen) atoms. The Hall–Kier alpha value is 0.252. The molecule has 0 spiro atoms. The van der Waals surface area contributed by atoms with Crippen molar-refractivity contribution < 1.29 is 35.7 Å². The molecule has 8 heteroatoms. The predicted molar refractivity (Wildman–Crippen MR) is 115 cm³/mol. The molecule has 0 atom stereocenters. The van der Waals surface area contributed by atoms with Gasteiger partial charge in [-0.1, -0.05) is 96.9 Å². The third-order valence-corrected chi connectivity index (χ3v) is 0. The predicted octanol–water partition coefficient (Wildman–Crippen LogP) is -2.01.